The summed E-state index contributed by atoms with van der Waals surface area (Å²) in [6.45, 7) is 4.15. The lowest BCUT2D eigenvalue weighted by atomic mass is 10.2. The van der Waals surface area contributed by atoms with Crippen LogP contribution in [-0.4, -0.2) is 6.54 Å². The van der Waals surface area contributed by atoms with Crippen LogP contribution in [0.2, 0.25) is 5.02 Å². The molecule has 0 radical (unpaired) electrons. The van der Waals surface area contributed by atoms with Gasteiger partial charge in [-0.2, -0.15) is 0 Å². The Bertz CT molecular complexity index is 572. The molecule has 4 heteroatoms. The Morgan fingerprint density at radius 2 is 1.90 bits per heavy atom. The van der Waals surface area contributed by atoms with Crippen molar-refractivity contribution in [1.82, 2.24) is 5.32 Å². The van der Waals surface area contributed by atoms with E-state index in [0.717, 1.165) is 19.5 Å². The lowest BCUT2D eigenvalue weighted by molar-refractivity contribution is 0.300. The molecule has 2 aromatic rings. The van der Waals surface area contributed by atoms with Crippen LogP contribution in [0, 0.1) is 5.82 Å². The molecule has 2 rings (SSSR count). The second kappa shape index (κ2) is 8.01. The Labute approximate surface area is 129 Å². The molecule has 1 N–H and O–H groups in total. The number of hydrogen-bond acceptors (Lipinski definition) is 2. The van der Waals surface area contributed by atoms with Crippen molar-refractivity contribution >= 4 is 11.6 Å². The van der Waals surface area contributed by atoms with Gasteiger partial charge in [0.05, 0.1) is 0 Å². The minimum Gasteiger partial charge on any atom is -0.489 e. The number of nitrogens with one attached hydrogen (secondary N) is 1. The van der Waals surface area contributed by atoms with Crippen molar-refractivity contribution in [3.63, 3.8) is 0 Å². The molecule has 0 heterocycles. The first-order valence-electron chi connectivity index (χ1n) is 7.05. The summed E-state index contributed by atoms with van der Waals surface area (Å²) < 4.78 is 19.2. The lowest BCUT2D eigenvalue weighted by Gasteiger charge is -2.09. The molecular weight excluding hydrogens is 289 g/mol. The minimum absolute atomic E-state index is 0.166. The summed E-state index contributed by atoms with van der Waals surface area (Å²) in [6.07, 6.45) is 1.12. The summed E-state index contributed by atoms with van der Waals surface area (Å²) in [6, 6.07) is 12.3. The lowest BCUT2D eigenvalue weighted by Crippen LogP contribution is -2.13. The Kier molecular flexibility index (Phi) is 6.03. The number of benzene rings is 2. The zero-order valence-electron chi connectivity index (χ0n) is 12.0. The molecule has 0 amide bonds. The van der Waals surface area contributed by atoms with E-state index in [1.807, 2.05) is 24.3 Å². The van der Waals surface area contributed by atoms with Gasteiger partial charge >= 0.3 is 0 Å². The highest BCUT2D eigenvalue weighted by atomic mass is 35.5. The molecule has 0 spiro atoms. The average molecular weight is 308 g/mol. The van der Waals surface area contributed by atoms with Crippen molar-refractivity contribution in [2.45, 2.75) is 26.5 Å². The zero-order chi connectivity index (χ0) is 15.1. The maximum atomic E-state index is 13.6. The predicted molar refractivity (Wildman–Crippen MR) is 84.2 cm³/mol. The van der Waals surface area contributed by atoms with Crippen LogP contribution in [0.25, 0.3) is 0 Å². The molecule has 0 aliphatic carbocycles. The second-order valence-corrected chi connectivity index (χ2v) is 5.28. The highest BCUT2D eigenvalue weighted by molar-refractivity contribution is 6.30. The molecule has 0 aliphatic heterocycles. The Balaban J connectivity index is 1.90. The summed E-state index contributed by atoms with van der Waals surface area (Å²) in [5.74, 6) is 0.411. The highest BCUT2D eigenvalue weighted by Crippen LogP contribution is 2.18. The minimum atomic E-state index is -0.306. The normalized spacial score (nSPS) is 10.6. The third-order valence-corrected chi connectivity index (χ3v) is 3.32. The van der Waals surface area contributed by atoms with Crippen LogP contribution < -0.4 is 10.1 Å². The van der Waals surface area contributed by atoms with Crippen LogP contribution in [-0.2, 0) is 13.2 Å². The van der Waals surface area contributed by atoms with Crippen LogP contribution in [0.3, 0.4) is 0 Å². The van der Waals surface area contributed by atoms with Crippen LogP contribution in [0.4, 0.5) is 4.39 Å². The van der Waals surface area contributed by atoms with Gasteiger partial charge in [0.1, 0.15) is 18.2 Å². The third kappa shape index (κ3) is 5.03. The van der Waals surface area contributed by atoms with Crippen LogP contribution >= 0.6 is 11.6 Å². The van der Waals surface area contributed by atoms with Crippen LogP contribution in [0.15, 0.2) is 42.5 Å². The van der Waals surface area contributed by atoms with Gasteiger partial charge in [-0.3, -0.25) is 0 Å². The number of hydrogen-bond donors (Lipinski definition) is 1. The number of ether oxygens (including phenoxy) is 1. The van der Waals surface area contributed by atoms with E-state index in [9.17, 15) is 4.39 Å². The van der Waals surface area contributed by atoms with Gasteiger partial charge in [0.2, 0.25) is 0 Å². The first-order valence-corrected chi connectivity index (χ1v) is 7.43. The summed E-state index contributed by atoms with van der Waals surface area (Å²) in [5.41, 5.74) is 1.65. The van der Waals surface area contributed by atoms with Gasteiger partial charge in [0, 0.05) is 17.1 Å². The monoisotopic (exact) mass is 307 g/mol. The Morgan fingerprint density at radius 3 is 2.62 bits per heavy atom. The fraction of sp³-hybridized carbons (Fsp3) is 0.294. The van der Waals surface area contributed by atoms with Gasteiger partial charge in [-0.1, -0.05) is 30.7 Å². The highest BCUT2D eigenvalue weighted by Gasteiger charge is 2.04. The van der Waals surface area contributed by atoms with Gasteiger partial charge in [0.15, 0.2) is 0 Å². The van der Waals surface area contributed by atoms with Crippen LogP contribution in [0.5, 0.6) is 5.75 Å². The van der Waals surface area contributed by atoms with E-state index in [4.69, 9.17) is 16.3 Å². The smallest absolute Gasteiger partial charge is 0.129 e. The van der Waals surface area contributed by atoms with Crippen molar-refractivity contribution < 1.29 is 9.13 Å². The van der Waals surface area contributed by atoms with Crippen LogP contribution in [0.1, 0.15) is 24.5 Å². The summed E-state index contributed by atoms with van der Waals surface area (Å²) in [7, 11) is 0. The van der Waals surface area contributed by atoms with Gasteiger partial charge in [-0.05, 0) is 48.9 Å². The fourth-order valence-corrected chi connectivity index (χ4v) is 2.12. The molecule has 0 atom stereocenters. The average Bonchev–Trinajstić information content (AvgIpc) is 2.50. The van der Waals surface area contributed by atoms with E-state index in [1.54, 1.807) is 6.07 Å². The molecule has 2 aromatic carbocycles. The SMILES string of the molecule is CCCNCc1ccc(OCc2cc(Cl)ccc2F)cc1. The van der Waals surface area contributed by atoms with E-state index in [1.165, 1.54) is 17.7 Å². The van der Waals surface area contributed by atoms with Crippen molar-refractivity contribution in [2.24, 2.45) is 0 Å². The zero-order valence-corrected chi connectivity index (χ0v) is 12.8. The molecule has 0 saturated carbocycles. The molecule has 21 heavy (non-hydrogen) atoms. The molecule has 0 unspecified atom stereocenters. The first kappa shape index (κ1) is 15.8. The largest absolute Gasteiger partial charge is 0.489 e. The third-order valence-electron chi connectivity index (χ3n) is 3.08. The quantitative estimate of drug-likeness (QED) is 0.757. The molecule has 0 aromatic heterocycles. The van der Waals surface area contributed by atoms with Gasteiger partial charge < -0.3 is 10.1 Å². The fourth-order valence-electron chi connectivity index (χ4n) is 1.93. The number of rotatable bonds is 7. The summed E-state index contributed by atoms with van der Waals surface area (Å²) in [5, 5.41) is 3.84. The van der Waals surface area contributed by atoms with Gasteiger partial charge in [-0.15, -0.1) is 0 Å². The predicted octanol–water partition coefficient (Wildman–Crippen LogP) is 4.56. The maximum Gasteiger partial charge on any atom is 0.129 e. The van der Waals surface area contributed by atoms with Crippen molar-refractivity contribution in [2.75, 3.05) is 6.54 Å². The van der Waals surface area contributed by atoms with Gasteiger partial charge in [0.25, 0.3) is 0 Å². The van der Waals surface area contributed by atoms with Crippen molar-refractivity contribution in [3.05, 3.63) is 64.4 Å². The summed E-state index contributed by atoms with van der Waals surface area (Å²) in [4.78, 5) is 0. The molecule has 112 valence electrons. The molecular formula is C17H19ClFNO. The van der Waals surface area contributed by atoms with E-state index in [2.05, 4.69) is 12.2 Å². The maximum absolute atomic E-state index is 13.6. The first-order chi connectivity index (χ1) is 10.2. The van der Waals surface area contributed by atoms with E-state index >= 15 is 0 Å². The van der Waals surface area contributed by atoms with E-state index in [0.29, 0.717) is 16.3 Å². The molecule has 2 nitrogen and oxygen atoms in total. The van der Waals surface area contributed by atoms with Gasteiger partial charge in [-0.25, -0.2) is 4.39 Å². The van der Waals surface area contributed by atoms with E-state index < -0.39 is 0 Å². The topological polar surface area (TPSA) is 21.3 Å². The molecule has 0 fully saturated rings. The standard InChI is InChI=1S/C17H19ClFNO/c1-2-9-20-11-13-3-6-16(7-4-13)21-12-14-10-15(18)5-8-17(14)19/h3-8,10,20H,2,9,11-12H2,1H3. The van der Waals surface area contributed by atoms with Crippen molar-refractivity contribution in [3.8, 4) is 5.75 Å². The molecule has 0 saturated heterocycles. The number of halogens is 2. The molecule has 0 aliphatic rings. The van der Waals surface area contributed by atoms with E-state index in [-0.39, 0.29) is 12.4 Å². The Morgan fingerprint density at radius 1 is 1.14 bits per heavy atom. The Hall–Kier alpha value is -1.58. The molecule has 0 bridgehead atoms. The summed E-state index contributed by atoms with van der Waals surface area (Å²) >= 11 is 5.85. The second-order valence-electron chi connectivity index (χ2n) is 4.85. The van der Waals surface area contributed by atoms with Crippen molar-refractivity contribution in [1.29, 1.82) is 0 Å².